The van der Waals surface area contributed by atoms with Crippen molar-refractivity contribution in [3.8, 4) is 0 Å². The highest BCUT2D eigenvalue weighted by Crippen LogP contribution is 2.24. The highest BCUT2D eigenvalue weighted by atomic mass is 14.7. The van der Waals surface area contributed by atoms with Gasteiger partial charge in [0, 0.05) is 5.54 Å². The molecule has 0 aliphatic carbocycles. The molecule has 0 atom stereocenters. The SMILES string of the molecule is CCCCCCCCCCCCCCCCCCC(N)(CC)CCCCCCCCCCCCCCCCCC. The van der Waals surface area contributed by atoms with Crippen molar-refractivity contribution < 1.29 is 0 Å². The highest BCUT2D eigenvalue weighted by molar-refractivity contribution is 4.82. The molecule has 0 saturated heterocycles. The first kappa shape index (κ1) is 40.0. The van der Waals surface area contributed by atoms with Crippen molar-refractivity contribution in [2.24, 2.45) is 5.73 Å². The maximum Gasteiger partial charge on any atom is 0.0151 e. The van der Waals surface area contributed by atoms with Gasteiger partial charge in [-0.1, -0.05) is 226 Å². The topological polar surface area (TPSA) is 26.0 Å². The summed E-state index contributed by atoms with van der Waals surface area (Å²) >= 11 is 0. The summed E-state index contributed by atoms with van der Waals surface area (Å²) in [5.41, 5.74) is 6.94. The van der Waals surface area contributed by atoms with E-state index in [0.29, 0.717) is 0 Å². The second kappa shape index (κ2) is 33.5. The van der Waals surface area contributed by atoms with E-state index in [1.807, 2.05) is 0 Å². The molecule has 0 bridgehead atoms. The molecule has 0 aliphatic rings. The Morgan fingerprint density at radius 3 is 0.625 bits per heavy atom. The van der Waals surface area contributed by atoms with Crippen LogP contribution in [0.5, 0.6) is 0 Å². The maximum atomic E-state index is 6.82. The Labute approximate surface area is 256 Å². The van der Waals surface area contributed by atoms with Crippen LogP contribution in [0, 0.1) is 0 Å². The number of rotatable bonds is 35. The van der Waals surface area contributed by atoms with Crippen LogP contribution in [0.25, 0.3) is 0 Å². The van der Waals surface area contributed by atoms with Gasteiger partial charge in [-0.2, -0.15) is 0 Å². The van der Waals surface area contributed by atoms with Crippen molar-refractivity contribution in [3.63, 3.8) is 0 Å². The minimum Gasteiger partial charge on any atom is -0.325 e. The summed E-state index contributed by atoms with van der Waals surface area (Å²) < 4.78 is 0. The van der Waals surface area contributed by atoms with Crippen molar-refractivity contribution in [3.05, 3.63) is 0 Å². The maximum absolute atomic E-state index is 6.82. The average Bonchev–Trinajstić information content (AvgIpc) is 2.96. The fourth-order valence-electron chi connectivity index (χ4n) is 6.53. The van der Waals surface area contributed by atoms with Gasteiger partial charge < -0.3 is 5.73 Å². The standard InChI is InChI=1S/C39H81N/c1-4-7-9-11-13-15-17-19-21-23-25-27-29-31-33-35-37-39(40,6-3)38-36-34-32-30-28-26-24-22-20-18-16-14-12-10-8-5-2/h4-38,40H2,1-3H3. The molecule has 1 nitrogen and oxygen atoms in total. The Balaban J connectivity index is 3.38. The summed E-state index contributed by atoms with van der Waals surface area (Å²) in [6, 6.07) is 0. The molecule has 0 aliphatic heterocycles. The lowest BCUT2D eigenvalue weighted by Crippen LogP contribution is -2.38. The van der Waals surface area contributed by atoms with Crippen LogP contribution in [0.3, 0.4) is 0 Å². The van der Waals surface area contributed by atoms with Crippen LogP contribution >= 0.6 is 0 Å². The van der Waals surface area contributed by atoms with Crippen LogP contribution < -0.4 is 5.73 Å². The van der Waals surface area contributed by atoms with Gasteiger partial charge in [0.25, 0.3) is 0 Å². The van der Waals surface area contributed by atoms with Gasteiger partial charge in [0.05, 0.1) is 0 Å². The van der Waals surface area contributed by atoms with Crippen molar-refractivity contribution in [2.75, 3.05) is 0 Å². The molecule has 0 aromatic heterocycles. The van der Waals surface area contributed by atoms with Crippen LogP contribution in [0.4, 0.5) is 0 Å². The third-order valence-corrected chi connectivity index (χ3v) is 9.76. The Bertz CT molecular complexity index is 408. The molecule has 242 valence electrons. The molecular formula is C39H81N. The average molecular weight is 564 g/mol. The van der Waals surface area contributed by atoms with Crippen molar-refractivity contribution in [1.29, 1.82) is 0 Å². The number of nitrogens with two attached hydrogens (primary N) is 1. The largest absolute Gasteiger partial charge is 0.325 e. The van der Waals surface area contributed by atoms with Gasteiger partial charge in [-0.3, -0.25) is 0 Å². The highest BCUT2D eigenvalue weighted by Gasteiger charge is 2.21. The first-order chi connectivity index (χ1) is 19.7. The van der Waals surface area contributed by atoms with E-state index in [0.717, 1.165) is 6.42 Å². The minimum absolute atomic E-state index is 0.117. The Morgan fingerprint density at radius 2 is 0.450 bits per heavy atom. The van der Waals surface area contributed by atoms with Gasteiger partial charge in [-0.15, -0.1) is 0 Å². The van der Waals surface area contributed by atoms with E-state index < -0.39 is 0 Å². The summed E-state index contributed by atoms with van der Waals surface area (Å²) in [5.74, 6) is 0. The van der Waals surface area contributed by atoms with Crippen molar-refractivity contribution in [2.45, 2.75) is 251 Å². The fourth-order valence-corrected chi connectivity index (χ4v) is 6.53. The van der Waals surface area contributed by atoms with E-state index in [9.17, 15) is 0 Å². The molecule has 0 aromatic carbocycles. The molecule has 0 saturated carbocycles. The van der Waals surface area contributed by atoms with Crippen LogP contribution in [0.2, 0.25) is 0 Å². The van der Waals surface area contributed by atoms with E-state index in [4.69, 9.17) is 5.73 Å². The Kier molecular flexibility index (Phi) is 33.4. The number of hydrogen-bond donors (Lipinski definition) is 1. The summed E-state index contributed by atoms with van der Waals surface area (Å²) in [6.45, 7) is 6.93. The van der Waals surface area contributed by atoms with E-state index >= 15 is 0 Å². The molecule has 0 aromatic rings. The van der Waals surface area contributed by atoms with Crippen molar-refractivity contribution >= 4 is 0 Å². The van der Waals surface area contributed by atoms with Crippen molar-refractivity contribution in [1.82, 2.24) is 0 Å². The second-order valence-electron chi connectivity index (χ2n) is 13.8. The first-order valence-electron chi connectivity index (χ1n) is 19.5. The minimum atomic E-state index is 0.117. The first-order valence-corrected chi connectivity index (χ1v) is 19.5. The molecule has 2 N–H and O–H groups in total. The Morgan fingerprint density at radius 1 is 0.275 bits per heavy atom. The molecule has 0 radical (unpaired) electrons. The fraction of sp³-hybridized carbons (Fsp3) is 1.00. The van der Waals surface area contributed by atoms with Gasteiger partial charge in [-0.25, -0.2) is 0 Å². The zero-order chi connectivity index (χ0) is 29.2. The predicted octanol–water partition coefficient (Wildman–Crippen LogP) is 14.4. The lowest BCUT2D eigenvalue weighted by molar-refractivity contribution is 0.324. The number of hydrogen-bond acceptors (Lipinski definition) is 1. The quantitative estimate of drug-likeness (QED) is 0.0762. The number of unbranched alkanes of at least 4 members (excludes halogenated alkanes) is 30. The lowest BCUT2D eigenvalue weighted by atomic mass is 9.85. The zero-order valence-electron chi connectivity index (χ0n) is 28.8. The van der Waals surface area contributed by atoms with Gasteiger partial charge >= 0.3 is 0 Å². The van der Waals surface area contributed by atoms with E-state index in [1.54, 1.807) is 0 Å². The lowest BCUT2D eigenvalue weighted by Gasteiger charge is -2.28. The van der Waals surface area contributed by atoms with Crippen LogP contribution in [-0.4, -0.2) is 5.54 Å². The molecule has 0 fully saturated rings. The molecular weight excluding hydrogens is 482 g/mol. The van der Waals surface area contributed by atoms with E-state index in [2.05, 4.69) is 20.8 Å². The monoisotopic (exact) mass is 564 g/mol. The Hall–Kier alpha value is -0.0400. The molecule has 0 heterocycles. The molecule has 1 heteroatoms. The summed E-state index contributed by atoms with van der Waals surface area (Å²) in [5, 5.41) is 0. The van der Waals surface area contributed by atoms with Crippen LogP contribution in [0.15, 0.2) is 0 Å². The molecule has 0 rings (SSSR count). The molecule has 40 heavy (non-hydrogen) atoms. The van der Waals surface area contributed by atoms with Crippen LogP contribution in [0.1, 0.15) is 245 Å². The smallest absolute Gasteiger partial charge is 0.0151 e. The summed E-state index contributed by atoms with van der Waals surface area (Å²) in [4.78, 5) is 0. The predicted molar refractivity (Wildman–Crippen MR) is 186 cm³/mol. The molecule has 0 amide bonds. The van der Waals surface area contributed by atoms with E-state index in [1.165, 1.54) is 218 Å². The van der Waals surface area contributed by atoms with Gasteiger partial charge in [0.1, 0.15) is 0 Å². The third kappa shape index (κ3) is 30.9. The van der Waals surface area contributed by atoms with E-state index in [-0.39, 0.29) is 5.54 Å². The normalized spacial score (nSPS) is 12.0. The zero-order valence-corrected chi connectivity index (χ0v) is 28.8. The summed E-state index contributed by atoms with van der Waals surface area (Å²) in [6.07, 6.45) is 49.9. The van der Waals surface area contributed by atoms with Gasteiger partial charge in [0.15, 0.2) is 0 Å². The van der Waals surface area contributed by atoms with Gasteiger partial charge in [-0.05, 0) is 19.3 Å². The van der Waals surface area contributed by atoms with Crippen LogP contribution in [-0.2, 0) is 0 Å². The summed E-state index contributed by atoms with van der Waals surface area (Å²) in [7, 11) is 0. The third-order valence-electron chi connectivity index (χ3n) is 9.76. The molecule has 0 spiro atoms. The van der Waals surface area contributed by atoms with Gasteiger partial charge in [0.2, 0.25) is 0 Å². The second-order valence-corrected chi connectivity index (χ2v) is 13.8. The molecule has 0 unspecified atom stereocenters.